The van der Waals surface area contributed by atoms with Gasteiger partial charge in [0.1, 0.15) is 5.60 Å². The number of amides is 1. The van der Waals surface area contributed by atoms with E-state index >= 15 is 0 Å². The SMILES string of the molecule is CCC(C)(O)CN1CCCN(C(=O)OC(C)(C)C)CC1. The Kier molecular flexibility index (Phi) is 5.83. The third-order valence-corrected chi connectivity index (χ3v) is 3.57. The van der Waals surface area contributed by atoms with E-state index in [1.54, 1.807) is 4.90 Å². The van der Waals surface area contributed by atoms with Crippen molar-refractivity contribution in [1.82, 2.24) is 9.80 Å². The van der Waals surface area contributed by atoms with Crippen LogP contribution >= 0.6 is 0 Å². The van der Waals surface area contributed by atoms with Crippen LogP contribution in [0.5, 0.6) is 0 Å². The Bertz CT molecular complexity index is 324. The van der Waals surface area contributed by atoms with Gasteiger partial charge in [0.25, 0.3) is 0 Å². The molecular formula is C15H30N2O3. The summed E-state index contributed by atoms with van der Waals surface area (Å²) < 4.78 is 5.41. The fraction of sp³-hybridized carbons (Fsp3) is 0.933. The highest BCUT2D eigenvalue weighted by atomic mass is 16.6. The van der Waals surface area contributed by atoms with Crippen LogP contribution in [-0.4, -0.2) is 64.9 Å². The van der Waals surface area contributed by atoms with Gasteiger partial charge < -0.3 is 14.7 Å². The Balaban J connectivity index is 2.49. The summed E-state index contributed by atoms with van der Waals surface area (Å²) in [5.41, 5.74) is -1.10. The van der Waals surface area contributed by atoms with E-state index in [2.05, 4.69) is 4.90 Å². The van der Waals surface area contributed by atoms with Crippen molar-refractivity contribution >= 4 is 6.09 Å². The van der Waals surface area contributed by atoms with E-state index in [-0.39, 0.29) is 6.09 Å². The minimum absolute atomic E-state index is 0.235. The van der Waals surface area contributed by atoms with Gasteiger partial charge in [0, 0.05) is 32.7 Å². The van der Waals surface area contributed by atoms with Crippen molar-refractivity contribution in [3.05, 3.63) is 0 Å². The molecule has 1 heterocycles. The topological polar surface area (TPSA) is 53.0 Å². The van der Waals surface area contributed by atoms with E-state index in [0.717, 1.165) is 32.5 Å². The van der Waals surface area contributed by atoms with Crippen LogP contribution in [0.4, 0.5) is 4.79 Å². The minimum Gasteiger partial charge on any atom is -0.444 e. The number of hydrogen-bond donors (Lipinski definition) is 1. The lowest BCUT2D eigenvalue weighted by atomic mass is 10.0. The molecular weight excluding hydrogens is 256 g/mol. The van der Waals surface area contributed by atoms with Gasteiger partial charge in [0.05, 0.1) is 5.60 Å². The van der Waals surface area contributed by atoms with Crippen LogP contribution < -0.4 is 0 Å². The molecule has 1 unspecified atom stereocenters. The maximum atomic E-state index is 12.1. The van der Waals surface area contributed by atoms with Gasteiger partial charge in [0.2, 0.25) is 0 Å². The van der Waals surface area contributed by atoms with Gasteiger partial charge in [-0.1, -0.05) is 6.92 Å². The first-order valence-electron chi connectivity index (χ1n) is 7.55. The molecule has 1 atom stereocenters. The molecule has 0 aromatic rings. The standard InChI is InChI=1S/C15H30N2O3/c1-6-15(5,19)12-16-8-7-9-17(11-10-16)13(18)20-14(2,3)4/h19H,6-12H2,1-5H3. The van der Waals surface area contributed by atoms with E-state index in [0.29, 0.717) is 13.1 Å². The van der Waals surface area contributed by atoms with Gasteiger partial charge in [-0.05, 0) is 40.5 Å². The molecule has 0 spiro atoms. The first-order chi connectivity index (χ1) is 9.13. The molecule has 118 valence electrons. The molecule has 1 saturated heterocycles. The van der Waals surface area contributed by atoms with Crippen molar-refractivity contribution in [2.45, 2.75) is 58.7 Å². The summed E-state index contributed by atoms with van der Waals surface area (Å²) in [7, 11) is 0. The molecule has 1 aliphatic heterocycles. The summed E-state index contributed by atoms with van der Waals surface area (Å²) in [5, 5.41) is 10.1. The summed E-state index contributed by atoms with van der Waals surface area (Å²) in [6.45, 7) is 13.2. The largest absolute Gasteiger partial charge is 0.444 e. The smallest absolute Gasteiger partial charge is 0.410 e. The van der Waals surface area contributed by atoms with Gasteiger partial charge in [-0.3, -0.25) is 4.90 Å². The van der Waals surface area contributed by atoms with Gasteiger partial charge in [0.15, 0.2) is 0 Å². The van der Waals surface area contributed by atoms with Crippen molar-refractivity contribution in [2.75, 3.05) is 32.7 Å². The van der Waals surface area contributed by atoms with E-state index in [4.69, 9.17) is 4.74 Å². The van der Waals surface area contributed by atoms with Crippen LogP contribution in [0.2, 0.25) is 0 Å². The number of carbonyl (C=O) groups is 1. The molecule has 5 nitrogen and oxygen atoms in total. The van der Waals surface area contributed by atoms with E-state index in [9.17, 15) is 9.90 Å². The number of hydrogen-bond acceptors (Lipinski definition) is 4. The zero-order chi connectivity index (χ0) is 15.4. The van der Waals surface area contributed by atoms with E-state index in [1.807, 2.05) is 34.6 Å². The summed E-state index contributed by atoms with van der Waals surface area (Å²) >= 11 is 0. The summed E-state index contributed by atoms with van der Waals surface area (Å²) in [6, 6.07) is 0. The molecule has 0 aliphatic carbocycles. The maximum absolute atomic E-state index is 12.1. The Labute approximate surface area is 122 Å². The lowest BCUT2D eigenvalue weighted by molar-refractivity contribution is 0.0151. The predicted molar refractivity (Wildman–Crippen MR) is 79.8 cm³/mol. The molecule has 1 fully saturated rings. The normalized spacial score (nSPS) is 21.2. The van der Waals surface area contributed by atoms with E-state index in [1.165, 1.54) is 0 Å². The first-order valence-corrected chi connectivity index (χ1v) is 7.55. The van der Waals surface area contributed by atoms with Crippen LogP contribution in [0.15, 0.2) is 0 Å². The quantitative estimate of drug-likeness (QED) is 0.863. The first kappa shape index (κ1) is 17.2. The second-order valence-electron chi connectivity index (χ2n) is 6.95. The second-order valence-corrected chi connectivity index (χ2v) is 6.95. The Hall–Kier alpha value is -0.810. The van der Waals surface area contributed by atoms with Crippen LogP contribution in [0.3, 0.4) is 0 Å². The molecule has 1 amide bonds. The Morgan fingerprint density at radius 2 is 1.80 bits per heavy atom. The molecule has 0 aromatic heterocycles. The van der Waals surface area contributed by atoms with Crippen molar-refractivity contribution < 1.29 is 14.6 Å². The zero-order valence-corrected chi connectivity index (χ0v) is 13.6. The third kappa shape index (κ3) is 6.09. The minimum atomic E-state index is -0.652. The lowest BCUT2D eigenvalue weighted by Gasteiger charge is -2.30. The van der Waals surface area contributed by atoms with Crippen molar-refractivity contribution in [1.29, 1.82) is 0 Å². The second kappa shape index (κ2) is 6.76. The van der Waals surface area contributed by atoms with Crippen LogP contribution in [0.1, 0.15) is 47.5 Å². The highest BCUT2D eigenvalue weighted by molar-refractivity contribution is 5.68. The summed E-state index contributed by atoms with van der Waals surface area (Å²) in [4.78, 5) is 16.1. The molecule has 1 N–H and O–H groups in total. The molecule has 0 radical (unpaired) electrons. The Morgan fingerprint density at radius 3 is 2.35 bits per heavy atom. The van der Waals surface area contributed by atoms with Crippen LogP contribution in [-0.2, 0) is 4.74 Å². The molecule has 20 heavy (non-hydrogen) atoms. The number of aliphatic hydroxyl groups is 1. The number of β-amino-alcohol motifs (C(OH)–C–C–N with tert-alkyl or cyclic N) is 1. The fourth-order valence-electron chi connectivity index (χ4n) is 2.23. The third-order valence-electron chi connectivity index (χ3n) is 3.57. The average molecular weight is 286 g/mol. The van der Waals surface area contributed by atoms with Crippen LogP contribution in [0, 0.1) is 0 Å². The number of nitrogens with zero attached hydrogens (tertiary/aromatic N) is 2. The molecule has 5 heteroatoms. The fourth-order valence-corrected chi connectivity index (χ4v) is 2.23. The molecule has 1 rings (SSSR count). The predicted octanol–water partition coefficient (Wildman–Crippen LogP) is 2.09. The van der Waals surface area contributed by atoms with Crippen LogP contribution in [0.25, 0.3) is 0 Å². The average Bonchev–Trinajstić information content (AvgIpc) is 2.52. The Morgan fingerprint density at radius 1 is 1.15 bits per heavy atom. The lowest BCUT2D eigenvalue weighted by Crippen LogP contribution is -2.43. The van der Waals surface area contributed by atoms with Crippen molar-refractivity contribution in [2.24, 2.45) is 0 Å². The zero-order valence-electron chi connectivity index (χ0n) is 13.6. The monoisotopic (exact) mass is 286 g/mol. The number of ether oxygens (including phenoxy) is 1. The highest BCUT2D eigenvalue weighted by Crippen LogP contribution is 2.15. The van der Waals surface area contributed by atoms with Crippen molar-refractivity contribution in [3.8, 4) is 0 Å². The molecule has 0 saturated carbocycles. The molecule has 1 aliphatic rings. The molecule has 0 aromatic carbocycles. The summed E-state index contributed by atoms with van der Waals surface area (Å²) in [5.74, 6) is 0. The van der Waals surface area contributed by atoms with Gasteiger partial charge >= 0.3 is 6.09 Å². The highest BCUT2D eigenvalue weighted by Gasteiger charge is 2.27. The van der Waals surface area contributed by atoms with E-state index < -0.39 is 11.2 Å². The van der Waals surface area contributed by atoms with Gasteiger partial charge in [-0.15, -0.1) is 0 Å². The molecule has 0 bridgehead atoms. The van der Waals surface area contributed by atoms with Gasteiger partial charge in [-0.25, -0.2) is 4.79 Å². The van der Waals surface area contributed by atoms with Crippen molar-refractivity contribution in [3.63, 3.8) is 0 Å². The maximum Gasteiger partial charge on any atom is 0.410 e. The number of carbonyl (C=O) groups excluding carboxylic acids is 1. The van der Waals surface area contributed by atoms with Gasteiger partial charge in [-0.2, -0.15) is 0 Å². The summed E-state index contributed by atoms with van der Waals surface area (Å²) in [6.07, 6.45) is 1.42. The number of rotatable bonds is 3.